The number of carbonyl (C=O) groups is 1. The molecule has 0 aliphatic heterocycles. The highest BCUT2D eigenvalue weighted by Crippen LogP contribution is 2.13. The third-order valence-electron chi connectivity index (χ3n) is 1.28. The molecule has 0 aromatic carbocycles. The Morgan fingerprint density at radius 3 is 2.23 bits per heavy atom. The van der Waals surface area contributed by atoms with Gasteiger partial charge in [0.25, 0.3) is 0 Å². The van der Waals surface area contributed by atoms with Crippen molar-refractivity contribution < 1.29 is 14.6 Å². The van der Waals surface area contributed by atoms with Gasteiger partial charge in [-0.1, -0.05) is 0 Å². The first kappa shape index (κ1) is 12.3. The highest BCUT2D eigenvalue weighted by molar-refractivity contribution is 5.79. The van der Waals surface area contributed by atoms with Gasteiger partial charge in [0.2, 0.25) is 0 Å². The van der Waals surface area contributed by atoms with Crippen LogP contribution in [-0.2, 0) is 9.53 Å². The van der Waals surface area contributed by atoms with Gasteiger partial charge in [0, 0.05) is 6.54 Å². The Morgan fingerprint density at radius 2 is 1.92 bits per heavy atom. The zero-order valence-electron chi connectivity index (χ0n) is 8.55. The number of ether oxygens (including phenoxy) is 1. The number of nitrogens with two attached hydrogens (primary N) is 1. The van der Waals surface area contributed by atoms with E-state index in [1.54, 1.807) is 20.8 Å². The molecular weight excluding hydrogens is 172 g/mol. The summed E-state index contributed by atoms with van der Waals surface area (Å²) in [5.41, 5.74) is 0.0410. The molecular formula is C8H18N2O3. The van der Waals surface area contributed by atoms with Gasteiger partial charge in [0.05, 0.1) is 0 Å². The molecule has 0 aliphatic rings. The normalized spacial score (nSPS) is 16.5. The van der Waals surface area contributed by atoms with E-state index in [1.165, 1.54) is 6.92 Å². The largest absolute Gasteiger partial charge is 0.458 e. The van der Waals surface area contributed by atoms with E-state index in [4.69, 9.17) is 10.6 Å². The van der Waals surface area contributed by atoms with Gasteiger partial charge in [-0.25, -0.2) is 4.79 Å². The van der Waals surface area contributed by atoms with Crippen LogP contribution in [0.1, 0.15) is 27.7 Å². The lowest BCUT2D eigenvalue weighted by Gasteiger charge is -2.26. The number of carbonyl (C=O) groups excluding carboxylic acids is 1. The van der Waals surface area contributed by atoms with Gasteiger partial charge < -0.3 is 9.84 Å². The molecule has 0 saturated carbocycles. The second-order valence-corrected chi connectivity index (χ2v) is 4.16. The Morgan fingerprint density at radius 1 is 1.46 bits per heavy atom. The lowest BCUT2D eigenvalue weighted by atomic mass is 10.1. The smallest absolute Gasteiger partial charge is 0.339 e. The first-order chi connectivity index (χ1) is 5.69. The Kier molecular flexibility index (Phi) is 3.84. The summed E-state index contributed by atoms with van der Waals surface area (Å²) in [7, 11) is 0. The average Bonchev–Trinajstić information content (AvgIpc) is 1.82. The van der Waals surface area contributed by atoms with Crippen LogP contribution in [0.25, 0.3) is 0 Å². The number of nitrogens with one attached hydrogen (secondary N) is 1. The monoisotopic (exact) mass is 190 g/mol. The van der Waals surface area contributed by atoms with Gasteiger partial charge in [-0.2, -0.15) is 0 Å². The molecule has 0 amide bonds. The molecule has 0 radical (unpaired) electrons. The number of aliphatic hydroxyl groups is 1. The summed E-state index contributed by atoms with van der Waals surface area (Å²) >= 11 is 0. The summed E-state index contributed by atoms with van der Waals surface area (Å²) in [6.07, 6.45) is 0. The Balaban J connectivity index is 4.25. The highest BCUT2D eigenvalue weighted by atomic mass is 16.6. The minimum atomic E-state index is -1.58. The second-order valence-electron chi connectivity index (χ2n) is 4.16. The van der Waals surface area contributed by atoms with Crippen LogP contribution in [-0.4, -0.2) is 28.8 Å². The Labute approximate surface area is 78.2 Å². The topological polar surface area (TPSA) is 84.6 Å². The van der Waals surface area contributed by atoms with Crippen molar-refractivity contribution in [2.24, 2.45) is 5.84 Å². The van der Waals surface area contributed by atoms with Crippen molar-refractivity contribution >= 4 is 5.97 Å². The molecule has 0 aromatic rings. The van der Waals surface area contributed by atoms with Gasteiger partial charge >= 0.3 is 5.97 Å². The molecule has 0 spiro atoms. The van der Waals surface area contributed by atoms with Crippen LogP contribution in [0.5, 0.6) is 0 Å². The minimum Gasteiger partial charge on any atom is -0.458 e. The van der Waals surface area contributed by atoms with Crippen molar-refractivity contribution in [3.05, 3.63) is 0 Å². The summed E-state index contributed by atoms with van der Waals surface area (Å²) in [6.45, 7) is 6.51. The zero-order valence-corrected chi connectivity index (χ0v) is 8.55. The molecule has 5 heteroatoms. The van der Waals surface area contributed by atoms with Gasteiger partial charge in [0.15, 0.2) is 5.60 Å². The molecule has 0 aromatic heterocycles. The summed E-state index contributed by atoms with van der Waals surface area (Å²) in [5, 5.41) is 9.53. The summed E-state index contributed by atoms with van der Waals surface area (Å²) < 4.78 is 4.97. The van der Waals surface area contributed by atoms with E-state index in [1.807, 2.05) is 0 Å². The highest BCUT2D eigenvalue weighted by Gasteiger charge is 2.34. The first-order valence-corrected chi connectivity index (χ1v) is 4.08. The quantitative estimate of drug-likeness (QED) is 0.318. The van der Waals surface area contributed by atoms with E-state index in [2.05, 4.69) is 5.43 Å². The molecule has 78 valence electrons. The molecule has 0 bridgehead atoms. The van der Waals surface area contributed by atoms with E-state index >= 15 is 0 Å². The predicted octanol–water partition coefficient (Wildman–Crippen LogP) is -0.458. The molecule has 4 N–H and O–H groups in total. The van der Waals surface area contributed by atoms with Crippen molar-refractivity contribution in [2.75, 3.05) is 6.54 Å². The van der Waals surface area contributed by atoms with Crippen LogP contribution in [0.2, 0.25) is 0 Å². The van der Waals surface area contributed by atoms with Crippen LogP contribution in [0.3, 0.4) is 0 Å². The minimum absolute atomic E-state index is 0.0398. The van der Waals surface area contributed by atoms with Crippen molar-refractivity contribution in [1.82, 2.24) is 5.43 Å². The summed E-state index contributed by atoms with van der Waals surface area (Å²) in [4.78, 5) is 11.3. The first-order valence-electron chi connectivity index (χ1n) is 4.08. The van der Waals surface area contributed by atoms with E-state index in [9.17, 15) is 9.90 Å². The SMILES string of the molecule is CC(C)(C)OC(=O)C(C)(O)CNN. The number of hydrogen-bond acceptors (Lipinski definition) is 5. The van der Waals surface area contributed by atoms with E-state index in [0.717, 1.165) is 0 Å². The van der Waals surface area contributed by atoms with E-state index in [-0.39, 0.29) is 6.54 Å². The number of hydrazine groups is 1. The molecule has 0 aliphatic carbocycles. The lowest BCUT2D eigenvalue weighted by Crippen LogP contribution is -2.49. The van der Waals surface area contributed by atoms with Crippen molar-refractivity contribution in [3.8, 4) is 0 Å². The number of esters is 1. The summed E-state index contributed by atoms with van der Waals surface area (Å²) in [5.74, 6) is 4.32. The molecule has 0 rings (SSSR count). The fourth-order valence-electron chi connectivity index (χ4n) is 0.659. The molecule has 0 fully saturated rings. The lowest BCUT2D eigenvalue weighted by molar-refractivity contribution is -0.174. The maximum absolute atomic E-state index is 11.3. The third kappa shape index (κ3) is 4.82. The molecule has 0 heterocycles. The van der Waals surface area contributed by atoms with Gasteiger partial charge in [0.1, 0.15) is 5.60 Å². The van der Waals surface area contributed by atoms with Crippen molar-refractivity contribution in [2.45, 2.75) is 38.9 Å². The molecule has 1 atom stereocenters. The fraction of sp³-hybridized carbons (Fsp3) is 0.875. The van der Waals surface area contributed by atoms with Crippen LogP contribution in [0.4, 0.5) is 0 Å². The third-order valence-corrected chi connectivity index (χ3v) is 1.28. The zero-order chi connectivity index (χ0) is 10.7. The van der Waals surface area contributed by atoms with Gasteiger partial charge in [-0.05, 0) is 27.7 Å². The molecule has 13 heavy (non-hydrogen) atoms. The van der Waals surface area contributed by atoms with Crippen molar-refractivity contribution in [1.29, 1.82) is 0 Å². The number of hydrogen-bond donors (Lipinski definition) is 3. The standard InChI is InChI=1S/C8H18N2O3/c1-7(2,3)13-6(11)8(4,12)5-10-9/h10,12H,5,9H2,1-4H3. The fourth-order valence-corrected chi connectivity index (χ4v) is 0.659. The average molecular weight is 190 g/mol. The predicted molar refractivity (Wildman–Crippen MR) is 48.7 cm³/mol. The van der Waals surface area contributed by atoms with E-state index < -0.39 is 17.2 Å². The van der Waals surface area contributed by atoms with Crippen LogP contribution in [0.15, 0.2) is 0 Å². The molecule has 0 saturated heterocycles. The molecule has 5 nitrogen and oxygen atoms in total. The maximum Gasteiger partial charge on any atom is 0.339 e. The van der Waals surface area contributed by atoms with E-state index in [0.29, 0.717) is 0 Å². The summed E-state index contributed by atoms with van der Waals surface area (Å²) in [6, 6.07) is 0. The van der Waals surface area contributed by atoms with Gasteiger partial charge in [-0.15, -0.1) is 0 Å². The number of rotatable bonds is 3. The maximum atomic E-state index is 11.3. The van der Waals surface area contributed by atoms with Crippen LogP contribution >= 0.6 is 0 Å². The Bertz CT molecular complexity index is 184. The van der Waals surface area contributed by atoms with Crippen LogP contribution < -0.4 is 11.3 Å². The second kappa shape index (κ2) is 4.04. The van der Waals surface area contributed by atoms with Gasteiger partial charge in [-0.3, -0.25) is 11.3 Å². The Hall–Kier alpha value is -0.650. The van der Waals surface area contributed by atoms with Crippen molar-refractivity contribution in [3.63, 3.8) is 0 Å². The van der Waals surface area contributed by atoms with Crippen LogP contribution in [0, 0.1) is 0 Å². The molecule has 1 unspecified atom stereocenters.